The first-order valence-electron chi connectivity index (χ1n) is 5.66. The Bertz CT molecular complexity index is 611. The number of alkyl carbamates (subject to hydrolysis) is 1. The normalized spacial score (nSPS) is 13.2. The Morgan fingerprint density at radius 2 is 2.20 bits per heavy atom. The van der Waals surface area contributed by atoms with Crippen LogP contribution in [-0.2, 0) is 4.74 Å². The van der Waals surface area contributed by atoms with Crippen LogP contribution >= 0.6 is 0 Å². The standard InChI is InChI=1S/C11H11F3N4O2/c1-7(15-10(19)20-6-11(12,13)14)9-17-16-8-4-2-3-5-18(8)9/h2-5,7H,6H2,1H3,(H,15,19). The van der Waals surface area contributed by atoms with Gasteiger partial charge in [-0.05, 0) is 19.1 Å². The summed E-state index contributed by atoms with van der Waals surface area (Å²) in [4.78, 5) is 11.2. The van der Waals surface area contributed by atoms with Crippen LogP contribution in [0.3, 0.4) is 0 Å². The van der Waals surface area contributed by atoms with Gasteiger partial charge in [0.05, 0.1) is 6.04 Å². The van der Waals surface area contributed by atoms with Crippen molar-refractivity contribution >= 4 is 11.7 Å². The van der Waals surface area contributed by atoms with Crippen LogP contribution in [0.2, 0.25) is 0 Å². The Balaban J connectivity index is 2.01. The number of amides is 1. The number of hydrogen-bond acceptors (Lipinski definition) is 4. The van der Waals surface area contributed by atoms with Gasteiger partial charge in [0.1, 0.15) is 0 Å². The zero-order chi connectivity index (χ0) is 14.8. The Morgan fingerprint density at radius 1 is 1.45 bits per heavy atom. The van der Waals surface area contributed by atoms with Crippen molar-refractivity contribution in [3.8, 4) is 0 Å². The molecule has 2 aromatic rings. The highest BCUT2D eigenvalue weighted by molar-refractivity contribution is 5.67. The number of pyridine rings is 1. The molecule has 9 heteroatoms. The number of ether oxygens (including phenoxy) is 1. The zero-order valence-electron chi connectivity index (χ0n) is 10.4. The van der Waals surface area contributed by atoms with E-state index >= 15 is 0 Å². The van der Waals surface area contributed by atoms with Crippen molar-refractivity contribution in [2.75, 3.05) is 6.61 Å². The lowest BCUT2D eigenvalue weighted by molar-refractivity contribution is -0.160. The average molecular weight is 288 g/mol. The van der Waals surface area contributed by atoms with Crippen molar-refractivity contribution in [3.05, 3.63) is 30.2 Å². The minimum atomic E-state index is -4.55. The number of alkyl halides is 3. The zero-order valence-corrected chi connectivity index (χ0v) is 10.4. The van der Waals surface area contributed by atoms with E-state index in [0.29, 0.717) is 11.5 Å². The molecule has 0 aliphatic rings. The molecule has 1 amide bonds. The summed E-state index contributed by atoms with van der Waals surface area (Å²) in [7, 11) is 0. The Kier molecular flexibility index (Phi) is 3.77. The maximum absolute atomic E-state index is 11.9. The molecule has 0 aliphatic carbocycles. The first-order valence-corrected chi connectivity index (χ1v) is 5.66. The van der Waals surface area contributed by atoms with E-state index in [4.69, 9.17) is 0 Å². The lowest BCUT2D eigenvalue weighted by atomic mass is 10.3. The smallest absolute Gasteiger partial charge is 0.422 e. The van der Waals surface area contributed by atoms with E-state index in [2.05, 4.69) is 20.3 Å². The van der Waals surface area contributed by atoms with Gasteiger partial charge in [0, 0.05) is 6.20 Å². The van der Waals surface area contributed by atoms with Gasteiger partial charge in [0.15, 0.2) is 18.1 Å². The molecule has 108 valence electrons. The van der Waals surface area contributed by atoms with Gasteiger partial charge in [-0.15, -0.1) is 10.2 Å². The van der Waals surface area contributed by atoms with Crippen molar-refractivity contribution in [2.45, 2.75) is 19.1 Å². The fourth-order valence-corrected chi connectivity index (χ4v) is 1.59. The first kappa shape index (κ1) is 14.1. The van der Waals surface area contributed by atoms with Gasteiger partial charge in [-0.3, -0.25) is 4.40 Å². The number of nitrogens with one attached hydrogen (secondary N) is 1. The SMILES string of the molecule is CC(NC(=O)OCC(F)(F)F)c1nnc2ccccn12. The summed E-state index contributed by atoms with van der Waals surface area (Å²) in [5, 5.41) is 10.0. The van der Waals surface area contributed by atoms with Crippen molar-refractivity contribution in [3.63, 3.8) is 0 Å². The number of halogens is 3. The summed E-state index contributed by atoms with van der Waals surface area (Å²) >= 11 is 0. The third kappa shape index (κ3) is 3.37. The van der Waals surface area contributed by atoms with E-state index in [0.717, 1.165) is 0 Å². The number of nitrogens with zero attached hydrogens (tertiary/aromatic N) is 3. The highest BCUT2D eigenvalue weighted by Gasteiger charge is 2.30. The van der Waals surface area contributed by atoms with Crippen LogP contribution in [0.1, 0.15) is 18.8 Å². The van der Waals surface area contributed by atoms with Crippen molar-refractivity contribution in [1.29, 1.82) is 0 Å². The van der Waals surface area contributed by atoms with Gasteiger partial charge < -0.3 is 10.1 Å². The third-order valence-electron chi connectivity index (χ3n) is 2.43. The molecule has 0 fully saturated rings. The molecule has 2 rings (SSSR count). The summed E-state index contributed by atoms with van der Waals surface area (Å²) < 4.78 is 41.4. The van der Waals surface area contributed by atoms with Crippen LogP contribution in [0, 0.1) is 0 Å². The van der Waals surface area contributed by atoms with Gasteiger partial charge in [-0.1, -0.05) is 6.07 Å². The molecule has 6 nitrogen and oxygen atoms in total. The fourth-order valence-electron chi connectivity index (χ4n) is 1.59. The van der Waals surface area contributed by atoms with E-state index in [9.17, 15) is 18.0 Å². The third-order valence-corrected chi connectivity index (χ3v) is 2.43. The average Bonchev–Trinajstić information content (AvgIpc) is 2.79. The predicted octanol–water partition coefficient (Wildman–Crippen LogP) is 2.08. The second-order valence-electron chi connectivity index (χ2n) is 4.04. The van der Waals surface area contributed by atoms with E-state index < -0.39 is 24.9 Å². The molecule has 1 N–H and O–H groups in total. The Hall–Kier alpha value is -2.32. The maximum atomic E-state index is 11.9. The van der Waals surface area contributed by atoms with Crippen LogP contribution < -0.4 is 5.32 Å². The van der Waals surface area contributed by atoms with Crippen LogP contribution in [0.5, 0.6) is 0 Å². The van der Waals surface area contributed by atoms with Gasteiger partial charge in [-0.25, -0.2) is 4.79 Å². The summed E-state index contributed by atoms with van der Waals surface area (Å²) in [5.41, 5.74) is 0.569. The Labute approximate surface area is 111 Å². The molecule has 0 bridgehead atoms. The van der Waals surface area contributed by atoms with Crippen LogP contribution in [0.4, 0.5) is 18.0 Å². The maximum Gasteiger partial charge on any atom is 0.422 e. The summed E-state index contributed by atoms with van der Waals surface area (Å²) in [6.07, 6.45) is -4.03. The Morgan fingerprint density at radius 3 is 2.90 bits per heavy atom. The lowest BCUT2D eigenvalue weighted by Crippen LogP contribution is -2.31. The molecule has 0 radical (unpaired) electrons. The quantitative estimate of drug-likeness (QED) is 0.939. The number of hydrogen-bond donors (Lipinski definition) is 1. The van der Waals surface area contributed by atoms with Gasteiger partial charge in [0.25, 0.3) is 0 Å². The molecular formula is C11H11F3N4O2. The molecule has 1 atom stereocenters. The van der Waals surface area contributed by atoms with Crippen molar-refractivity contribution in [1.82, 2.24) is 19.9 Å². The van der Waals surface area contributed by atoms with E-state index in [-0.39, 0.29) is 0 Å². The topological polar surface area (TPSA) is 68.5 Å². The molecule has 2 aromatic heterocycles. The highest BCUT2D eigenvalue weighted by Crippen LogP contribution is 2.15. The number of aromatic nitrogens is 3. The molecule has 0 saturated heterocycles. The molecule has 0 aliphatic heterocycles. The minimum absolute atomic E-state index is 0.393. The molecule has 0 spiro atoms. The van der Waals surface area contributed by atoms with Crippen LogP contribution in [0.25, 0.3) is 5.65 Å². The van der Waals surface area contributed by atoms with E-state index in [1.54, 1.807) is 35.7 Å². The molecule has 20 heavy (non-hydrogen) atoms. The van der Waals surface area contributed by atoms with Crippen LogP contribution in [-0.4, -0.2) is 33.5 Å². The molecule has 0 aromatic carbocycles. The number of fused-ring (bicyclic) bond motifs is 1. The number of rotatable bonds is 3. The summed E-state index contributed by atoms with van der Waals surface area (Å²) in [6, 6.07) is 4.58. The fraction of sp³-hybridized carbons (Fsp3) is 0.364. The first-order chi connectivity index (χ1) is 9.37. The summed E-state index contributed by atoms with van der Waals surface area (Å²) in [5.74, 6) is 0.393. The molecule has 2 heterocycles. The van der Waals surface area contributed by atoms with Gasteiger partial charge >= 0.3 is 12.3 Å². The van der Waals surface area contributed by atoms with Gasteiger partial charge in [0.2, 0.25) is 0 Å². The largest absolute Gasteiger partial charge is 0.440 e. The lowest BCUT2D eigenvalue weighted by Gasteiger charge is -2.13. The van der Waals surface area contributed by atoms with Gasteiger partial charge in [-0.2, -0.15) is 13.2 Å². The molecular weight excluding hydrogens is 277 g/mol. The minimum Gasteiger partial charge on any atom is -0.440 e. The molecule has 0 saturated carbocycles. The van der Waals surface area contributed by atoms with Crippen LogP contribution in [0.15, 0.2) is 24.4 Å². The number of carbonyl (C=O) groups is 1. The van der Waals surface area contributed by atoms with E-state index in [1.165, 1.54) is 0 Å². The van der Waals surface area contributed by atoms with Crippen molar-refractivity contribution < 1.29 is 22.7 Å². The number of carbonyl (C=O) groups excluding carboxylic acids is 1. The predicted molar refractivity (Wildman–Crippen MR) is 61.9 cm³/mol. The monoisotopic (exact) mass is 288 g/mol. The second-order valence-corrected chi connectivity index (χ2v) is 4.04. The second kappa shape index (κ2) is 5.35. The van der Waals surface area contributed by atoms with E-state index in [1.807, 2.05) is 0 Å². The summed E-state index contributed by atoms with van der Waals surface area (Å²) in [6.45, 7) is -0.0650. The van der Waals surface area contributed by atoms with Crippen molar-refractivity contribution in [2.24, 2.45) is 0 Å². The molecule has 1 unspecified atom stereocenters. The highest BCUT2D eigenvalue weighted by atomic mass is 19.4.